The molecule has 0 bridgehead atoms. The Morgan fingerprint density at radius 2 is 1.06 bits per heavy atom. The van der Waals surface area contributed by atoms with Gasteiger partial charge in [0, 0.05) is 59.1 Å². The third kappa shape index (κ3) is 23.0. The van der Waals surface area contributed by atoms with E-state index in [2.05, 4.69) is 6.92 Å². The van der Waals surface area contributed by atoms with Crippen LogP contribution in [0.3, 0.4) is 0 Å². The molecule has 0 aliphatic carbocycles. The van der Waals surface area contributed by atoms with Gasteiger partial charge in [-0.3, -0.25) is 4.55 Å². The van der Waals surface area contributed by atoms with E-state index in [4.69, 9.17) is 4.55 Å². The molecule has 0 aliphatic heterocycles. The average Bonchev–Trinajstić information content (AvgIpc) is 2.19. The molecule has 0 saturated carbocycles. The SMILES string of the molecule is CCCCCCCCCCCCS(=O)(=O)O.[Na].[Na]. The molecule has 0 rings (SSSR count). The summed E-state index contributed by atoms with van der Waals surface area (Å²) in [6.07, 6.45) is 11.7. The first-order valence-electron chi connectivity index (χ1n) is 6.51. The molecule has 0 aromatic carbocycles. The predicted molar refractivity (Wildman–Crippen MR) is 79.8 cm³/mol. The second-order valence-corrected chi connectivity index (χ2v) is 6.04. The molecule has 0 spiro atoms. The van der Waals surface area contributed by atoms with E-state index in [1.165, 1.54) is 44.9 Å². The van der Waals surface area contributed by atoms with Gasteiger partial charge in [-0.15, -0.1) is 0 Å². The summed E-state index contributed by atoms with van der Waals surface area (Å²) in [4.78, 5) is 0. The molecule has 6 heteroatoms. The van der Waals surface area contributed by atoms with Gasteiger partial charge in [0.1, 0.15) is 0 Å². The number of rotatable bonds is 11. The van der Waals surface area contributed by atoms with Gasteiger partial charge in [0.05, 0.1) is 5.75 Å². The first-order chi connectivity index (χ1) is 7.56. The molecule has 0 saturated heterocycles. The van der Waals surface area contributed by atoms with E-state index in [1.54, 1.807) is 0 Å². The molecule has 0 aliphatic rings. The van der Waals surface area contributed by atoms with E-state index < -0.39 is 10.1 Å². The summed E-state index contributed by atoms with van der Waals surface area (Å²) in [5.41, 5.74) is 0. The van der Waals surface area contributed by atoms with E-state index >= 15 is 0 Å². The molecular weight excluding hydrogens is 270 g/mol. The molecule has 100 valence electrons. The van der Waals surface area contributed by atoms with Crippen LogP contribution >= 0.6 is 0 Å². The minimum atomic E-state index is -3.73. The smallest absolute Gasteiger partial charge is 0.264 e. The fourth-order valence-corrected chi connectivity index (χ4v) is 2.34. The zero-order chi connectivity index (χ0) is 12.3. The summed E-state index contributed by atoms with van der Waals surface area (Å²) in [7, 11) is -3.73. The molecule has 0 unspecified atom stereocenters. The van der Waals surface area contributed by atoms with Crippen molar-refractivity contribution in [3.8, 4) is 0 Å². The Morgan fingerprint density at radius 3 is 1.39 bits per heavy atom. The van der Waals surface area contributed by atoms with Crippen LogP contribution < -0.4 is 0 Å². The maximum Gasteiger partial charge on any atom is 0.264 e. The zero-order valence-electron chi connectivity index (χ0n) is 12.5. The topological polar surface area (TPSA) is 54.4 Å². The summed E-state index contributed by atoms with van der Waals surface area (Å²) in [5, 5.41) is 0. The van der Waals surface area contributed by atoms with Gasteiger partial charge in [-0.25, -0.2) is 0 Å². The van der Waals surface area contributed by atoms with Crippen LogP contribution in [0.25, 0.3) is 0 Å². The molecule has 0 fully saturated rings. The van der Waals surface area contributed by atoms with Crippen LogP contribution in [0.4, 0.5) is 0 Å². The van der Waals surface area contributed by atoms with Gasteiger partial charge in [0.2, 0.25) is 0 Å². The van der Waals surface area contributed by atoms with Crippen molar-refractivity contribution in [2.75, 3.05) is 5.75 Å². The Bertz CT molecular complexity index is 244. The predicted octanol–water partition coefficient (Wildman–Crippen LogP) is 3.03. The van der Waals surface area contributed by atoms with Crippen LogP contribution in [0.2, 0.25) is 0 Å². The minimum Gasteiger partial charge on any atom is -0.286 e. The average molecular weight is 296 g/mol. The Balaban J connectivity index is -0.00000112. The number of unbranched alkanes of at least 4 members (excludes halogenated alkanes) is 9. The van der Waals surface area contributed by atoms with Crippen LogP contribution in [0, 0.1) is 0 Å². The van der Waals surface area contributed by atoms with Gasteiger partial charge in [0.25, 0.3) is 10.1 Å². The fourth-order valence-electron chi connectivity index (χ4n) is 1.77. The summed E-state index contributed by atoms with van der Waals surface area (Å²) < 4.78 is 29.4. The Morgan fingerprint density at radius 1 is 0.722 bits per heavy atom. The third-order valence-electron chi connectivity index (χ3n) is 2.76. The third-order valence-corrected chi connectivity index (χ3v) is 3.56. The van der Waals surface area contributed by atoms with Crippen molar-refractivity contribution < 1.29 is 13.0 Å². The van der Waals surface area contributed by atoms with Crippen molar-refractivity contribution >= 4 is 69.2 Å². The van der Waals surface area contributed by atoms with Crippen molar-refractivity contribution in [1.29, 1.82) is 0 Å². The fraction of sp³-hybridized carbons (Fsp3) is 1.00. The standard InChI is InChI=1S/C12H26O3S.2Na/c1-2-3-4-5-6-7-8-9-10-11-12-16(13,14)15;;/h2-12H2,1H3,(H,13,14,15);;. The van der Waals surface area contributed by atoms with Crippen molar-refractivity contribution in [2.24, 2.45) is 0 Å². The molecule has 0 aromatic heterocycles. The van der Waals surface area contributed by atoms with Gasteiger partial charge in [-0.2, -0.15) is 8.42 Å². The van der Waals surface area contributed by atoms with Gasteiger partial charge >= 0.3 is 0 Å². The van der Waals surface area contributed by atoms with Crippen LogP contribution in [0.5, 0.6) is 0 Å². The summed E-state index contributed by atoms with van der Waals surface area (Å²) >= 11 is 0. The van der Waals surface area contributed by atoms with Crippen molar-refractivity contribution in [1.82, 2.24) is 0 Å². The largest absolute Gasteiger partial charge is 0.286 e. The van der Waals surface area contributed by atoms with E-state index in [9.17, 15) is 8.42 Å². The van der Waals surface area contributed by atoms with Gasteiger partial charge in [-0.05, 0) is 6.42 Å². The quantitative estimate of drug-likeness (QED) is 0.362. The van der Waals surface area contributed by atoms with E-state index in [-0.39, 0.29) is 64.9 Å². The monoisotopic (exact) mass is 296 g/mol. The molecule has 0 heterocycles. The summed E-state index contributed by atoms with van der Waals surface area (Å²) in [6.45, 7) is 2.22. The summed E-state index contributed by atoms with van der Waals surface area (Å²) in [5.74, 6) is -0.0799. The van der Waals surface area contributed by atoms with Crippen LogP contribution in [-0.2, 0) is 10.1 Å². The van der Waals surface area contributed by atoms with Crippen LogP contribution in [0.15, 0.2) is 0 Å². The molecule has 0 aromatic rings. The molecule has 3 nitrogen and oxygen atoms in total. The summed E-state index contributed by atoms with van der Waals surface area (Å²) in [6, 6.07) is 0. The first-order valence-corrected chi connectivity index (χ1v) is 8.12. The van der Waals surface area contributed by atoms with E-state index in [1.807, 2.05) is 0 Å². The molecule has 2 radical (unpaired) electrons. The molecule has 1 N–H and O–H groups in total. The Hall–Kier alpha value is 1.91. The molecule has 18 heavy (non-hydrogen) atoms. The van der Waals surface area contributed by atoms with Gasteiger partial charge in [-0.1, -0.05) is 64.7 Å². The van der Waals surface area contributed by atoms with Crippen molar-refractivity contribution in [2.45, 2.75) is 71.1 Å². The van der Waals surface area contributed by atoms with Crippen molar-refractivity contribution in [3.63, 3.8) is 0 Å². The second kappa shape index (κ2) is 17.0. The maximum absolute atomic E-state index is 10.4. The Labute approximate surface area is 157 Å². The van der Waals surface area contributed by atoms with Crippen LogP contribution in [-0.4, -0.2) is 77.8 Å². The molecular formula is C12H26Na2O3S. The normalized spacial score (nSPS) is 10.6. The molecule has 0 amide bonds. The zero-order valence-corrected chi connectivity index (χ0v) is 17.3. The minimum absolute atomic E-state index is 0. The Kier molecular flexibility index (Phi) is 23.5. The van der Waals surface area contributed by atoms with Crippen LogP contribution in [0.1, 0.15) is 71.1 Å². The molecule has 0 atom stereocenters. The van der Waals surface area contributed by atoms with Gasteiger partial charge in [0.15, 0.2) is 0 Å². The van der Waals surface area contributed by atoms with E-state index in [0.717, 1.165) is 12.8 Å². The van der Waals surface area contributed by atoms with E-state index in [0.29, 0.717) is 6.42 Å². The second-order valence-electron chi connectivity index (χ2n) is 4.47. The van der Waals surface area contributed by atoms with Gasteiger partial charge < -0.3 is 0 Å². The maximum atomic E-state index is 10.4. The first kappa shape index (κ1) is 24.9. The number of hydrogen-bond acceptors (Lipinski definition) is 2. The number of hydrogen-bond donors (Lipinski definition) is 1. The van der Waals surface area contributed by atoms with Crippen molar-refractivity contribution in [3.05, 3.63) is 0 Å².